The Morgan fingerprint density at radius 1 is 0.850 bits per heavy atom. The summed E-state index contributed by atoms with van der Waals surface area (Å²) < 4.78 is 2.36. The molecule has 1 aromatic heterocycles. The van der Waals surface area contributed by atoms with Gasteiger partial charge in [-0.3, -0.25) is 0 Å². The summed E-state index contributed by atoms with van der Waals surface area (Å²) in [5.41, 5.74) is 1.28. The molecular formula is C16H24Cl2NTi. The van der Waals surface area contributed by atoms with E-state index in [4.69, 9.17) is 0 Å². The number of hydrogen-bond donors (Lipinski definition) is 1. The Balaban J connectivity index is 0.00000180. The van der Waals surface area contributed by atoms with E-state index in [1.165, 1.54) is 14.9 Å². The van der Waals surface area contributed by atoms with Crippen molar-refractivity contribution < 1.29 is 42.7 Å². The second kappa shape index (κ2) is 6.88. The maximum absolute atomic E-state index is 3.68. The first-order chi connectivity index (χ1) is 8.19. The molecule has 1 heterocycles. The second-order valence-electron chi connectivity index (χ2n) is 7.15. The van der Waals surface area contributed by atoms with Crippen LogP contribution in [0.1, 0.15) is 41.5 Å². The predicted octanol–water partition coefficient (Wildman–Crippen LogP) is -1.14. The molecule has 1 aromatic carbocycles. The van der Waals surface area contributed by atoms with E-state index in [1.807, 2.05) is 0 Å². The Labute approximate surface area is 141 Å². The summed E-state index contributed by atoms with van der Waals surface area (Å²) in [6, 6.07) is 11.0. The molecule has 0 radical (unpaired) electrons. The van der Waals surface area contributed by atoms with Crippen LogP contribution in [0.5, 0.6) is 0 Å². The number of H-pyrrole nitrogens is 1. The molecule has 0 atom stereocenters. The van der Waals surface area contributed by atoms with E-state index in [-0.39, 0.29) is 24.8 Å². The van der Waals surface area contributed by atoms with Gasteiger partial charge in [0.25, 0.3) is 0 Å². The van der Waals surface area contributed by atoms with Crippen molar-refractivity contribution in [3.05, 3.63) is 30.3 Å². The maximum atomic E-state index is 3.68. The predicted molar refractivity (Wildman–Crippen MR) is 77.4 cm³/mol. The van der Waals surface area contributed by atoms with Gasteiger partial charge in [-0.1, -0.05) is 0 Å². The molecule has 0 aliphatic carbocycles. The Morgan fingerprint density at radius 2 is 1.35 bits per heavy atom. The van der Waals surface area contributed by atoms with Gasteiger partial charge in [-0.15, -0.1) is 0 Å². The normalized spacial score (nSPS) is 11.7. The molecule has 0 amide bonds. The minimum atomic E-state index is -1.42. The van der Waals surface area contributed by atoms with E-state index in [0.717, 1.165) is 0 Å². The SMILES string of the molecule is C[C](C)(C)[Ti+2]([c]1cc2ccccc2[nH]1)[C](C)(C)C.[Cl-].[Cl-]. The fraction of sp³-hybridized carbons (Fsp3) is 0.500. The number of halogens is 2. The van der Waals surface area contributed by atoms with Gasteiger partial charge in [0.05, 0.1) is 0 Å². The Hall–Kier alpha value is 0.0543. The summed E-state index contributed by atoms with van der Waals surface area (Å²) >= 11 is -1.42. The zero-order valence-electron chi connectivity index (χ0n) is 13.1. The molecule has 1 N–H and O–H groups in total. The first-order valence-electron chi connectivity index (χ1n) is 6.65. The van der Waals surface area contributed by atoms with Gasteiger partial charge < -0.3 is 24.8 Å². The maximum Gasteiger partial charge on any atom is -1.00 e. The van der Waals surface area contributed by atoms with Crippen molar-refractivity contribution in [3.8, 4) is 0 Å². The molecule has 0 aliphatic rings. The summed E-state index contributed by atoms with van der Waals surface area (Å²) in [6.45, 7) is 14.4. The third-order valence-corrected chi connectivity index (χ3v) is 9.25. The van der Waals surface area contributed by atoms with Crippen molar-refractivity contribution in [1.82, 2.24) is 4.98 Å². The van der Waals surface area contributed by atoms with E-state index < -0.39 is 17.9 Å². The molecule has 0 spiro atoms. The third-order valence-electron chi connectivity index (χ3n) is 3.30. The summed E-state index contributed by atoms with van der Waals surface area (Å²) in [5.74, 6) is 0. The molecule has 111 valence electrons. The fourth-order valence-electron chi connectivity index (χ4n) is 3.14. The van der Waals surface area contributed by atoms with Crippen LogP contribution in [-0.2, 0) is 17.9 Å². The summed E-state index contributed by atoms with van der Waals surface area (Å²) in [4.78, 5) is 3.68. The molecular weight excluding hydrogens is 325 g/mol. The van der Waals surface area contributed by atoms with Crippen LogP contribution in [0.15, 0.2) is 30.3 Å². The number of benzene rings is 1. The number of nitrogens with one attached hydrogen (secondary N) is 1. The molecule has 1 nitrogen and oxygen atoms in total. The molecule has 20 heavy (non-hydrogen) atoms. The second-order valence-corrected chi connectivity index (χ2v) is 13.8. The standard InChI is InChI=1S/C8H6N.2C4H9.2ClH.Ti/c1-2-4-8-7(3-1)5-6-9-8;2*1-4(2)3;;;/h1-5,9H;2*1-3H3;2*1H;/q;;;;;+2/p-2. The molecule has 4 heteroatoms. The zero-order valence-corrected chi connectivity index (χ0v) is 16.2. The van der Waals surface area contributed by atoms with Gasteiger partial charge in [0.2, 0.25) is 0 Å². The van der Waals surface area contributed by atoms with Crippen molar-refractivity contribution in [1.29, 1.82) is 0 Å². The van der Waals surface area contributed by atoms with E-state index in [0.29, 0.717) is 7.44 Å². The quantitative estimate of drug-likeness (QED) is 0.627. The van der Waals surface area contributed by atoms with Crippen LogP contribution in [0, 0.1) is 0 Å². The molecule has 2 rings (SSSR count). The van der Waals surface area contributed by atoms with Gasteiger partial charge in [0, 0.05) is 0 Å². The number of rotatable bonds is 1. The zero-order chi connectivity index (χ0) is 13.6. The van der Waals surface area contributed by atoms with Crippen molar-refractivity contribution in [3.63, 3.8) is 0 Å². The van der Waals surface area contributed by atoms with Gasteiger partial charge in [0.15, 0.2) is 0 Å². The van der Waals surface area contributed by atoms with E-state index in [9.17, 15) is 0 Å². The van der Waals surface area contributed by atoms with Crippen LogP contribution in [0.4, 0.5) is 0 Å². The molecule has 0 fully saturated rings. The number of para-hydroxylation sites is 1. The minimum absolute atomic E-state index is 0. The first-order valence-corrected chi connectivity index (χ1v) is 9.00. The van der Waals surface area contributed by atoms with Crippen LogP contribution in [-0.4, -0.2) is 4.98 Å². The first kappa shape index (κ1) is 20.1. The number of fused-ring (bicyclic) bond motifs is 1. The van der Waals surface area contributed by atoms with E-state index >= 15 is 0 Å². The average molecular weight is 349 g/mol. The third kappa shape index (κ3) is 4.27. The number of aromatic nitrogens is 1. The van der Waals surface area contributed by atoms with Crippen molar-refractivity contribution in [2.24, 2.45) is 0 Å². The van der Waals surface area contributed by atoms with Gasteiger partial charge in [-0.2, -0.15) is 0 Å². The van der Waals surface area contributed by atoms with Gasteiger partial charge >= 0.3 is 117 Å². The van der Waals surface area contributed by atoms with E-state index in [2.05, 4.69) is 76.9 Å². The van der Waals surface area contributed by atoms with Crippen LogP contribution >= 0.6 is 0 Å². The Morgan fingerprint density at radius 3 is 1.80 bits per heavy atom. The smallest absolute Gasteiger partial charge is 1.00 e. The molecule has 0 saturated heterocycles. The minimum Gasteiger partial charge on any atom is -1.00 e. The van der Waals surface area contributed by atoms with Crippen LogP contribution in [0.2, 0.25) is 7.44 Å². The fourth-order valence-corrected chi connectivity index (χ4v) is 10.1. The summed E-state index contributed by atoms with van der Waals surface area (Å²) in [7, 11) is 0. The van der Waals surface area contributed by atoms with Gasteiger partial charge in [0.1, 0.15) is 0 Å². The molecule has 0 aliphatic heterocycles. The summed E-state index contributed by atoms with van der Waals surface area (Å²) in [5, 5.41) is 1.35. The number of hydrogen-bond acceptors (Lipinski definition) is 0. The average Bonchev–Trinajstić information content (AvgIpc) is 2.54. The Kier molecular flexibility index (Phi) is 6.89. The Bertz CT molecular complexity index is 502. The van der Waals surface area contributed by atoms with Crippen LogP contribution in [0.25, 0.3) is 10.9 Å². The molecule has 0 saturated carbocycles. The number of aromatic amines is 1. The molecule has 0 unspecified atom stereocenters. The van der Waals surface area contributed by atoms with Crippen LogP contribution in [0.3, 0.4) is 0 Å². The molecule has 0 bridgehead atoms. The van der Waals surface area contributed by atoms with Crippen molar-refractivity contribution in [2.75, 3.05) is 0 Å². The monoisotopic (exact) mass is 348 g/mol. The van der Waals surface area contributed by atoms with Crippen LogP contribution < -0.4 is 28.8 Å². The van der Waals surface area contributed by atoms with Crippen molar-refractivity contribution in [2.45, 2.75) is 49.0 Å². The molecule has 2 aromatic rings. The van der Waals surface area contributed by atoms with E-state index in [1.54, 1.807) is 0 Å². The van der Waals surface area contributed by atoms with Gasteiger partial charge in [-0.25, -0.2) is 0 Å². The van der Waals surface area contributed by atoms with Crippen molar-refractivity contribution >= 4 is 14.9 Å². The topological polar surface area (TPSA) is 15.8 Å². The summed E-state index contributed by atoms with van der Waals surface area (Å²) in [6.07, 6.45) is 0. The van der Waals surface area contributed by atoms with Gasteiger partial charge in [-0.05, 0) is 0 Å². The largest absolute Gasteiger partial charge is 1.00 e.